The van der Waals surface area contributed by atoms with Crippen molar-refractivity contribution in [2.45, 2.75) is 26.6 Å². The fourth-order valence-corrected chi connectivity index (χ4v) is 3.27. The number of phenolic OH excluding ortho intramolecular Hbond substituents is 2. The fourth-order valence-electron chi connectivity index (χ4n) is 3.27. The Morgan fingerprint density at radius 1 is 0.852 bits per heavy atom. The molecule has 0 aromatic heterocycles. The van der Waals surface area contributed by atoms with Crippen molar-refractivity contribution < 1.29 is 19.7 Å². The number of rotatable bonds is 7. The van der Waals surface area contributed by atoms with Gasteiger partial charge in [-0.15, -0.1) is 0 Å². The lowest BCUT2D eigenvalue weighted by molar-refractivity contribution is 0.103. The number of phenols is 2. The van der Waals surface area contributed by atoms with Crippen molar-refractivity contribution in [3.05, 3.63) is 82.9 Å². The average Bonchev–Trinajstić information content (AvgIpc) is 2.72. The molecule has 0 fully saturated rings. The number of carbonyl (C=O) groups is 1. The van der Waals surface area contributed by atoms with Crippen LogP contribution in [0.5, 0.6) is 11.5 Å². The van der Waals surface area contributed by atoms with Crippen molar-refractivity contribution in [1.82, 2.24) is 0 Å². The number of hydrogen-bond acceptors (Lipinski definition) is 4. The van der Waals surface area contributed by atoms with Crippen LogP contribution >= 0.6 is 0 Å². The first kappa shape index (κ1) is 18.7. The minimum Gasteiger partial charge on any atom is -0.504 e. The largest absolute Gasteiger partial charge is 0.504 e. The van der Waals surface area contributed by atoms with E-state index in [0.717, 1.165) is 16.7 Å². The minimum atomic E-state index is -0.389. The van der Waals surface area contributed by atoms with Gasteiger partial charge in [-0.05, 0) is 23.1 Å². The molecule has 0 unspecified atom stereocenters. The van der Waals surface area contributed by atoms with E-state index < -0.39 is 0 Å². The summed E-state index contributed by atoms with van der Waals surface area (Å²) in [6, 6.07) is 19.3. The third-order valence-electron chi connectivity index (χ3n) is 4.59. The Morgan fingerprint density at radius 3 is 2.07 bits per heavy atom. The third kappa shape index (κ3) is 3.86. The third-order valence-corrected chi connectivity index (χ3v) is 4.59. The van der Waals surface area contributed by atoms with Crippen molar-refractivity contribution in [3.63, 3.8) is 0 Å². The van der Waals surface area contributed by atoms with E-state index in [1.54, 1.807) is 0 Å². The van der Waals surface area contributed by atoms with E-state index in [4.69, 9.17) is 4.74 Å². The zero-order chi connectivity index (χ0) is 19.2. The molecule has 3 rings (SSSR count). The Balaban J connectivity index is 2.06. The topological polar surface area (TPSA) is 66.8 Å². The molecule has 4 nitrogen and oxygen atoms in total. The highest BCUT2D eigenvalue weighted by Crippen LogP contribution is 2.43. The second kappa shape index (κ2) is 8.52. The van der Waals surface area contributed by atoms with Crippen LogP contribution in [0.4, 0.5) is 0 Å². The van der Waals surface area contributed by atoms with Crippen molar-refractivity contribution in [3.8, 4) is 22.6 Å². The molecule has 0 saturated heterocycles. The number of aldehydes is 1. The van der Waals surface area contributed by atoms with Crippen LogP contribution in [0.2, 0.25) is 0 Å². The molecule has 0 spiro atoms. The average molecular weight is 362 g/mol. The number of aromatic hydroxyl groups is 2. The molecule has 0 atom stereocenters. The van der Waals surface area contributed by atoms with Gasteiger partial charge in [0.2, 0.25) is 0 Å². The van der Waals surface area contributed by atoms with Crippen LogP contribution in [-0.2, 0) is 24.4 Å². The summed E-state index contributed by atoms with van der Waals surface area (Å²) in [6.45, 7) is 2.43. The summed E-state index contributed by atoms with van der Waals surface area (Å²) in [5.74, 6) is -0.634. The van der Waals surface area contributed by atoms with Gasteiger partial charge in [0, 0.05) is 11.1 Å². The molecule has 0 bridgehead atoms. The highest BCUT2D eigenvalue weighted by Gasteiger charge is 2.23. The van der Waals surface area contributed by atoms with E-state index in [1.165, 1.54) is 0 Å². The van der Waals surface area contributed by atoms with Gasteiger partial charge in [0.05, 0.1) is 18.8 Å². The predicted molar refractivity (Wildman–Crippen MR) is 105 cm³/mol. The molecule has 0 saturated carbocycles. The Kier molecular flexibility index (Phi) is 5.89. The molecular weight excluding hydrogens is 340 g/mol. The first-order valence-electron chi connectivity index (χ1n) is 8.89. The van der Waals surface area contributed by atoms with E-state index in [2.05, 4.69) is 0 Å². The number of hydrogen-bond donors (Lipinski definition) is 2. The summed E-state index contributed by atoms with van der Waals surface area (Å²) in [7, 11) is 0. The molecule has 0 heterocycles. The summed E-state index contributed by atoms with van der Waals surface area (Å²) in [4.78, 5) is 11.7. The Morgan fingerprint density at radius 2 is 1.48 bits per heavy atom. The van der Waals surface area contributed by atoms with Gasteiger partial charge < -0.3 is 14.9 Å². The first-order valence-corrected chi connectivity index (χ1v) is 8.89. The van der Waals surface area contributed by atoms with Gasteiger partial charge in [-0.1, -0.05) is 67.6 Å². The van der Waals surface area contributed by atoms with Gasteiger partial charge in [-0.3, -0.25) is 4.79 Å². The highest BCUT2D eigenvalue weighted by molar-refractivity contribution is 5.90. The Labute approximate surface area is 158 Å². The Hall–Kier alpha value is -3.11. The van der Waals surface area contributed by atoms with E-state index in [0.29, 0.717) is 30.4 Å². The van der Waals surface area contributed by atoms with E-state index in [1.807, 2.05) is 67.6 Å². The molecule has 27 heavy (non-hydrogen) atoms. The van der Waals surface area contributed by atoms with E-state index in [-0.39, 0.29) is 23.7 Å². The molecule has 0 radical (unpaired) electrons. The van der Waals surface area contributed by atoms with Gasteiger partial charge in [0.15, 0.2) is 17.8 Å². The quantitative estimate of drug-likeness (QED) is 0.465. The summed E-state index contributed by atoms with van der Waals surface area (Å²) in [5, 5.41) is 20.8. The lowest BCUT2D eigenvalue weighted by Crippen LogP contribution is -2.05. The monoisotopic (exact) mass is 362 g/mol. The summed E-state index contributed by atoms with van der Waals surface area (Å²) < 4.78 is 5.85. The second-order valence-electron chi connectivity index (χ2n) is 6.26. The van der Waals surface area contributed by atoms with Crippen molar-refractivity contribution in [2.24, 2.45) is 0 Å². The molecule has 4 heteroatoms. The van der Waals surface area contributed by atoms with Crippen LogP contribution in [0, 0.1) is 0 Å². The van der Waals surface area contributed by atoms with Crippen LogP contribution in [0.3, 0.4) is 0 Å². The van der Waals surface area contributed by atoms with Crippen LogP contribution in [0.25, 0.3) is 11.1 Å². The Bertz CT molecular complexity index is 918. The van der Waals surface area contributed by atoms with Crippen molar-refractivity contribution in [1.29, 1.82) is 0 Å². The summed E-state index contributed by atoms with van der Waals surface area (Å²) in [6.07, 6.45) is 1.08. The maximum absolute atomic E-state index is 11.7. The van der Waals surface area contributed by atoms with Crippen molar-refractivity contribution >= 4 is 6.29 Å². The fraction of sp³-hybridized carbons (Fsp3) is 0.174. The smallest absolute Gasteiger partial charge is 0.168 e. The maximum atomic E-state index is 11.7. The zero-order valence-electron chi connectivity index (χ0n) is 15.2. The lowest BCUT2D eigenvalue weighted by atomic mass is 9.88. The maximum Gasteiger partial charge on any atom is 0.168 e. The standard InChI is InChI=1S/C23H22O4/c1-2-18-21(17-11-7-4-8-12-17)20(19(13-24)23(26)22(18)25)15-27-14-16-9-5-3-6-10-16/h3-13,25-26H,2,14-15H2,1H3. The van der Waals surface area contributed by atoms with Crippen LogP contribution in [0.1, 0.15) is 34.0 Å². The molecular formula is C23H22O4. The van der Waals surface area contributed by atoms with Gasteiger partial charge in [0.1, 0.15) is 0 Å². The van der Waals surface area contributed by atoms with E-state index >= 15 is 0 Å². The van der Waals surface area contributed by atoms with Crippen molar-refractivity contribution in [2.75, 3.05) is 0 Å². The van der Waals surface area contributed by atoms with Gasteiger partial charge in [-0.25, -0.2) is 0 Å². The highest BCUT2D eigenvalue weighted by atomic mass is 16.5. The molecule has 138 valence electrons. The molecule has 0 aliphatic rings. The first-order chi connectivity index (χ1) is 13.2. The molecule has 2 N–H and O–H groups in total. The van der Waals surface area contributed by atoms with Crippen LogP contribution in [-0.4, -0.2) is 16.5 Å². The molecule has 3 aromatic rings. The number of carbonyl (C=O) groups excluding carboxylic acids is 1. The predicted octanol–water partition coefficient (Wildman–Crippen LogP) is 4.86. The SMILES string of the molecule is CCc1c(O)c(O)c(C=O)c(COCc2ccccc2)c1-c1ccccc1. The lowest BCUT2D eigenvalue weighted by Gasteiger charge is -2.20. The van der Waals surface area contributed by atoms with Gasteiger partial charge >= 0.3 is 0 Å². The summed E-state index contributed by atoms with van der Waals surface area (Å²) in [5.41, 5.74) is 3.87. The van der Waals surface area contributed by atoms with Crippen LogP contribution < -0.4 is 0 Å². The summed E-state index contributed by atoms with van der Waals surface area (Å²) >= 11 is 0. The molecule has 0 aliphatic carbocycles. The number of ether oxygens (including phenoxy) is 1. The van der Waals surface area contributed by atoms with Gasteiger partial charge in [0.25, 0.3) is 0 Å². The molecule has 0 aliphatic heterocycles. The number of benzene rings is 3. The van der Waals surface area contributed by atoms with E-state index in [9.17, 15) is 15.0 Å². The van der Waals surface area contributed by atoms with Crippen LogP contribution in [0.15, 0.2) is 60.7 Å². The molecule has 3 aromatic carbocycles. The van der Waals surface area contributed by atoms with Gasteiger partial charge in [-0.2, -0.15) is 0 Å². The minimum absolute atomic E-state index is 0.0663. The second-order valence-corrected chi connectivity index (χ2v) is 6.26. The zero-order valence-corrected chi connectivity index (χ0v) is 15.2. The normalized spacial score (nSPS) is 10.7. The molecule has 0 amide bonds.